The fourth-order valence-corrected chi connectivity index (χ4v) is 2.26. The summed E-state index contributed by atoms with van der Waals surface area (Å²) >= 11 is 0. The van der Waals surface area contributed by atoms with Crippen molar-refractivity contribution in [2.24, 2.45) is 0 Å². The third-order valence-corrected chi connectivity index (χ3v) is 3.28. The molecule has 0 aliphatic carbocycles. The number of para-hydroxylation sites is 1. The Hall–Kier alpha value is -2.26. The molecule has 1 N–H and O–H groups in total. The number of aliphatic hydroxyl groups is 1. The molecular weight excluding hydrogens is 253 g/mol. The topological polar surface area (TPSA) is 33.1 Å². The number of nitrogens with zero attached hydrogens (tertiary/aromatic N) is 1. The Kier molecular flexibility index (Phi) is 3.44. The second-order valence-electron chi connectivity index (χ2n) is 4.78. The number of halogens is 1. The molecule has 0 amide bonds. The molecule has 0 saturated heterocycles. The van der Waals surface area contributed by atoms with Gasteiger partial charge in [-0.05, 0) is 29.8 Å². The average Bonchev–Trinajstić information content (AvgIpc) is 2.47. The summed E-state index contributed by atoms with van der Waals surface area (Å²) in [4.78, 5) is 4.45. The molecule has 2 aromatic carbocycles. The van der Waals surface area contributed by atoms with Crippen molar-refractivity contribution >= 4 is 10.9 Å². The summed E-state index contributed by atoms with van der Waals surface area (Å²) in [5, 5.41) is 11.3. The molecule has 0 spiro atoms. The van der Waals surface area contributed by atoms with Crippen molar-refractivity contribution in [2.45, 2.75) is 12.5 Å². The second kappa shape index (κ2) is 5.39. The van der Waals surface area contributed by atoms with Crippen LogP contribution in [0.1, 0.15) is 17.4 Å². The monoisotopic (exact) mass is 267 g/mol. The molecule has 3 rings (SSSR count). The molecule has 1 unspecified atom stereocenters. The van der Waals surface area contributed by atoms with Crippen molar-refractivity contribution in [3.63, 3.8) is 0 Å². The smallest absolute Gasteiger partial charge is 0.123 e. The van der Waals surface area contributed by atoms with Gasteiger partial charge in [-0.25, -0.2) is 4.39 Å². The highest BCUT2D eigenvalue weighted by Gasteiger charge is 2.11. The van der Waals surface area contributed by atoms with E-state index in [1.165, 1.54) is 12.1 Å². The first-order chi connectivity index (χ1) is 9.72. The van der Waals surface area contributed by atoms with Gasteiger partial charge < -0.3 is 5.11 Å². The van der Waals surface area contributed by atoms with Crippen LogP contribution in [0.5, 0.6) is 0 Å². The number of aromatic nitrogens is 1. The van der Waals surface area contributed by atoms with Gasteiger partial charge in [-0.3, -0.25) is 4.98 Å². The molecule has 1 aromatic heterocycles. The molecule has 0 radical (unpaired) electrons. The average molecular weight is 267 g/mol. The summed E-state index contributed by atoms with van der Waals surface area (Å²) < 4.78 is 13.1. The molecule has 0 saturated carbocycles. The quantitative estimate of drug-likeness (QED) is 0.785. The summed E-state index contributed by atoms with van der Waals surface area (Å²) in [5.41, 5.74) is 2.21. The SMILES string of the molecule is OC(Cc1cccc(F)c1)c1ccc2ccccc2n1. The molecule has 1 heterocycles. The number of rotatable bonds is 3. The number of benzene rings is 2. The van der Waals surface area contributed by atoms with Crippen LogP contribution in [-0.2, 0) is 6.42 Å². The van der Waals surface area contributed by atoms with Gasteiger partial charge in [0, 0.05) is 11.8 Å². The number of pyridine rings is 1. The fraction of sp³-hybridized carbons (Fsp3) is 0.118. The van der Waals surface area contributed by atoms with Crippen LogP contribution >= 0.6 is 0 Å². The Morgan fingerprint density at radius 2 is 1.85 bits per heavy atom. The van der Waals surface area contributed by atoms with Gasteiger partial charge in [-0.2, -0.15) is 0 Å². The van der Waals surface area contributed by atoms with E-state index in [-0.39, 0.29) is 5.82 Å². The van der Waals surface area contributed by atoms with E-state index in [0.29, 0.717) is 12.1 Å². The van der Waals surface area contributed by atoms with Crippen molar-refractivity contribution in [3.8, 4) is 0 Å². The van der Waals surface area contributed by atoms with Crippen molar-refractivity contribution in [3.05, 3.63) is 77.7 Å². The summed E-state index contributed by atoms with van der Waals surface area (Å²) in [7, 11) is 0. The van der Waals surface area contributed by atoms with E-state index in [9.17, 15) is 9.50 Å². The molecule has 0 aliphatic rings. The molecule has 1 atom stereocenters. The van der Waals surface area contributed by atoms with Gasteiger partial charge in [0.15, 0.2) is 0 Å². The maximum atomic E-state index is 13.1. The summed E-state index contributed by atoms with van der Waals surface area (Å²) in [6, 6.07) is 17.8. The first kappa shape index (κ1) is 12.8. The van der Waals surface area contributed by atoms with Crippen LogP contribution < -0.4 is 0 Å². The van der Waals surface area contributed by atoms with Crippen LogP contribution in [0.25, 0.3) is 10.9 Å². The molecule has 0 aliphatic heterocycles. The molecule has 20 heavy (non-hydrogen) atoms. The van der Waals surface area contributed by atoms with E-state index in [0.717, 1.165) is 16.5 Å². The number of aliphatic hydroxyl groups excluding tert-OH is 1. The Morgan fingerprint density at radius 3 is 2.70 bits per heavy atom. The lowest BCUT2D eigenvalue weighted by Gasteiger charge is -2.11. The minimum Gasteiger partial charge on any atom is -0.386 e. The van der Waals surface area contributed by atoms with E-state index in [1.54, 1.807) is 12.1 Å². The summed E-state index contributed by atoms with van der Waals surface area (Å²) in [5.74, 6) is -0.291. The Morgan fingerprint density at radius 1 is 1.00 bits per heavy atom. The van der Waals surface area contributed by atoms with Crippen LogP contribution in [0.3, 0.4) is 0 Å². The normalized spacial score (nSPS) is 12.5. The molecule has 2 nitrogen and oxygen atoms in total. The van der Waals surface area contributed by atoms with Crippen molar-refractivity contribution in [1.29, 1.82) is 0 Å². The van der Waals surface area contributed by atoms with Crippen LogP contribution in [0.4, 0.5) is 4.39 Å². The molecule has 3 aromatic rings. The van der Waals surface area contributed by atoms with Gasteiger partial charge in [0.05, 0.1) is 17.3 Å². The molecule has 100 valence electrons. The molecule has 3 heteroatoms. The van der Waals surface area contributed by atoms with Crippen molar-refractivity contribution < 1.29 is 9.50 Å². The second-order valence-corrected chi connectivity index (χ2v) is 4.78. The maximum absolute atomic E-state index is 13.1. The predicted molar refractivity (Wildman–Crippen MR) is 76.8 cm³/mol. The Labute approximate surface area is 116 Å². The fourth-order valence-electron chi connectivity index (χ4n) is 2.26. The summed E-state index contributed by atoms with van der Waals surface area (Å²) in [6.45, 7) is 0. The number of hydrogen-bond acceptors (Lipinski definition) is 2. The van der Waals surface area contributed by atoms with Gasteiger partial charge in [0.1, 0.15) is 5.82 Å². The third kappa shape index (κ3) is 2.68. The van der Waals surface area contributed by atoms with Gasteiger partial charge in [0.2, 0.25) is 0 Å². The highest BCUT2D eigenvalue weighted by Crippen LogP contribution is 2.20. The zero-order valence-corrected chi connectivity index (χ0v) is 10.8. The van der Waals surface area contributed by atoms with Gasteiger partial charge in [0.25, 0.3) is 0 Å². The van der Waals surface area contributed by atoms with Crippen LogP contribution in [0.15, 0.2) is 60.7 Å². The first-order valence-corrected chi connectivity index (χ1v) is 6.50. The minimum atomic E-state index is -0.735. The largest absolute Gasteiger partial charge is 0.386 e. The van der Waals surface area contributed by atoms with Gasteiger partial charge in [-0.1, -0.05) is 36.4 Å². The standard InChI is InChI=1S/C17H14FNO/c18-14-6-3-4-12(10-14)11-17(20)16-9-8-13-5-1-2-7-15(13)19-16/h1-10,17,20H,11H2. The zero-order valence-electron chi connectivity index (χ0n) is 10.8. The van der Waals surface area contributed by atoms with Crippen LogP contribution in [-0.4, -0.2) is 10.1 Å². The molecule has 0 bridgehead atoms. The van der Waals surface area contributed by atoms with E-state index in [1.807, 2.05) is 36.4 Å². The summed E-state index contributed by atoms with van der Waals surface area (Å²) in [6.07, 6.45) is -0.385. The number of fused-ring (bicyclic) bond motifs is 1. The Bertz CT molecular complexity index is 742. The lowest BCUT2D eigenvalue weighted by atomic mass is 10.0. The number of hydrogen-bond donors (Lipinski definition) is 1. The molecular formula is C17H14FNO. The van der Waals surface area contributed by atoms with E-state index < -0.39 is 6.10 Å². The van der Waals surface area contributed by atoms with E-state index in [2.05, 4.69) is 4.98 Å². The van der Waals surface area contributed by atoms with E-state index in [4.69, 9.17) is 0 Å². The highest BCUT2D eigenvalue weighted by atomic mass is 19.1. The molecule has 0 fully saturated rings. The van der Waals surface area contributed by atoms with Crippen LogP contribution in [0, 0.1) is 5.82 Å². The lowest BCUT2D eigenvalue weighted by Crippen LogP contribution is -2.04. The van der Waals surface area contributed by atoms with Crippen molar-refractivity contribution in [2.75, 3.05) is 0 Å². The van der Waals surface area contributed by atoms with E-state index >= 15 is 0 Å². The Balaban J connectivity index is 1.86. The highest BCUT2D eigenvalue weighted by molar-refractivity contribution is 5.78. The predicted octanol–water partition coefficient (Wildman–Crippen LogP) is 3.65. The first-order valence-electron chi connectivity index (χ1n) is 6.50. The minimum absolute atomic E-state index is 0.291. The maximum Gasteiger partial charge on any atom is 0.123 e. The van der Waals surface area contributed by atoms with Crippen LogP contribution in [0.2, 0.25) is 0 Å². The lowest BCUT2D eigenvalue weighted by molar-refractivity contribution is 0.174. The van der Waals surface area contributed by atoms with Gasteiger partial charge in [-0.15, -0.1) is 0 Å². The third-order valence-electron chi connectivity index (χ3n) is 3.28. The van der Waals surface area contributed by atoms with Crippen molar-refractivity contribution in [1.82, 2.24) is 4.98 Å². The zero-order chi connectivity index (χ0) is 13.9. The van der Waals surface area contributed by atoms with Gasteiger partial charge >= 0.3 is 0 Å².